The van der Waals surface area contributed by atoms with E-state index in [1.807, 2.05) is 18.9 Å². The minimum absolute atomic E-state index is 0.0922. The van der Waals surface area contributed by atoms with Gasteiger partial charge in [0, 0.05) is 46.2 Å². The van der Waals surface area contributed by atoms with Crippen LogP contribution in [0.25, 0.3) is 11.3 Å². The third-order valence-electron chi connectivity index (χ3n) is 5.87. The van der Waals surface area contributed by atoms with Gasteiger partial charge in [-0.2, -0.15) is 0 Å². The van der Waals surface area contributed by atoms with E-state index in [2.05, 4.69) is 0 Å². The fourth-order valence-corrected chi connectivity index (χ4v) is 4.55. The van der Waals surface area contributed by atoms with Crippen LogP contribution in [0.1, 0.15) is 68.8 Å². The summed E-state index contributed by atoms with van der Waals surface area (Å²) in [7, 11) is 1.39. The van der Waals surface area contributed by atoms with Gasteiger partial charge in [0.2, 0.25) is 0 Å². The highest BCUT2D eigenvalue weighted by Crippen LogP contribution is 2.49. The molecule has 8 heteroatoms. The number of hydrogen-bond acceptors (Lipinski definition) is 6. The molecule has 1 aromatic carbocycles. The molecule has 3 heterocycles. The SMILES string of the molecule is [2H]C([2H])(O)C([2H])([2H])C([2H])([2H])Oc1cc2c(cc1COC)-c1cc(=O)c(C(=O)O)cn1N1[C@@H]2CCC1(C)C. The number of aromatic nitrogens is 1. The Labute approximate surface area is 189 Å². The molecule has 0 aliphatic carbocycles. The van der Waals surface area contributed by atoms with E-state index in [9.17, 15) is 19.8 Å². The molecule has 4 rings (SSSR count). The Morgan fingerprint density at radius 1 is 1.35 bits per heavy atom. The van der Waals surface area contributed by atoms with Gasteiger partial charge in [-0.1, -0.05) is 0 Å². The minimum atomic E-state index is -3.54. The van der Waals surface area contributed by atoms with E-state index in [1.165, 1.54) is 25.4 Å². The minimum Gasteiger partial charge on any atom is -0.493 e. The first-order chi connectivity index (χ1) is 16.9. The molecule has 166 valence electrons. The second-order valence-corrected chi connectivity index (χ2v) is 8.22. The number of fused-ring (bicyclic) bond motifs is 6. The van der Waals surface area contributed by atoms with Gasteiger partial charge in [-0.15, -0.1) is 0 Å². The molecule has 0 bridgehead atoms. The monoisotopic (exact) mass is 434 g/mol. The molecule has 1 aromatic heterocycles. The van der Waals surface area contributed by atoms with Crippen LogP contribution in [0.4, 0.5) is 0 Å². The highest BCUT2D eigenvalue weighted by atomic mass is 16.5. The Kier molecular flexibility index (Phi) is 3.89. The molecule has 0 saturated carbocycles. The van der Waals surface area contributed by atoms with E-state index in [0.717, 1.165) is 6.42 Å². The van der Waals surface area contributed by atoms with Crippen LogP contribution in [0.5, 0.6) is 5.75 Å². The number of ether oxygens (including phenoxy) is 2. The largest absolute Gasteiger partial charge is 0.493 e. The van der Waals surface area contributed by atoms with Gasteiger partial charge in [-0.3, -0.25) is 14.5 Å². The van der Waals surface area contributed by atoms with Crippen molar-refractivity contribution in [2.24, 2.45) is 0 Å². The number of nitrogens with zero attached hydrogens (tertiary/aromatic N) is 2. The van der Waals surface area contributed by atoms with Gasteiger partial charge in [0.1, 0.15) is 11.3 Å². The lowest BCUT2D eigenvalue weighted by Gasteiger charge is -2.44. The highest BCUT2D eigenvalue weighted by Gasteiger charge is 2.45. The van der Waals surface area contributed by atoms with E-state index >= 15 is 0 Å². The summed E-state index contributed by atoms with van der Waals surface area (Å²) in [6.45, 7) is -2.96. The van der Waals surface area contributed by atoms with Gasteiger partial charge >= 0.3 is 5.97 Å². The standard InChI is InChI=1S/C23H28N2O6/c1-23(2)6-5-18-16-10-21(31-8-4-7-26)14(13-30-3)9-15(16)19-11-20(27)17(22(28)29)12-24(19)25(18)23/h9-12,18,26H,4-8,13H2,1-3H3,(H,28,29)/t18-/m1/s1/i4D2,7D2,8D2. The summed E-state index contributed by atoms with van der Waals surface area (Å²) >= 11 is 0. The molecular formula is C23H28N2O6. The molecule has 1 atom stereocenters. The zero-order valence-corrected chi connectivity index (χ0v) is 17.4. The van der Waals surface area contributed by atoms with Gasteiger partial charge in [0.05, 0.1) is 35.9 Å². The van der Waals surface area contributed by atoms with Crippen LogP contribution in [-0.2, 0) is 11.3 Å². The normalized spacial score (nSPS) is 22.6. The Morgan fingerprint density at radius 2 is 2.13 bits per heavy atom. The van der Waals surface area contributed by atoms with E-state index in [-0.39, 0.29) is 29.5 Å². The molecule has 1 saturated heterocycles. The Morgan fingerprint density at radius 3 is 2.81 bits per heavy atom. The van der Waals surface area contributed by atoms with Gasteiger partial charge < -0.3 is 19.7 Å². The summed E-state index contributed by atoms with van der Waals surface area (Å²) in [4.78, 5) is 24.4. The maximum atomic E-state index is 12.7. The lowest BCUT2D eigenvalue weighted by molar-refractivity contribution is 0.0694. The number of hydrogen-bond donors (Lipinski definition) is 2. The molecule has 2 aliphatic heterocycles. The molecule has 1 fully saturated rings. The average molecular weight is 435 g/mol. The van der Waals surface area contributed by atoms with Crippen molar-refractivity contribution in [3.8, 4) is 17.0 Å². The van der Waals surface area contributed by atoms with Gasteiger partial charge in [-0.05, 0) is 44.4 Å². The maximum absolute atomic E-state index is 12.7. The molecule has 31 heavy (non-hydrogen) atoms. The quantitative estimate of drug-likeness (QED) is 0.691. The predicted octanol–water partition coefficient (Wildman–Crippen LogP) is 2.69. The van der Waals surface area contributed by atoms with Crippen LogP contribution in [0.15, 0.2) is 29.2 Å². The first kappa shape index (κ1) is 15.0. The highest BCUT2D eigenvalue weighted by molar-refractivity contribution is 5.88. The maximum Gasteiger partial charge on any atom is 0.341 e. The van der Waals surface area contributed by atoms with Crippen LogP contribution >= 0.6 is 0 Å². The van der Waals surface area contributed by atoms with Crippen molar-refractivity contribution < 1.29 is 32.7 Å². The van der Waals surface area contributed by atoms with Crippen LogP contribution in [0, 0.1) is 0 Å². The smallest absolute Gasteiger partial charge is 0.341 e. The first-order valence-corrected chi connectivity index (χ1v) is 9.80. The second-order valence-electron chi connectivity index (χ2n) is 8.22. The number of carboxylic acids is 1. The lowest BCUT2D eigenvalue weighted by Crippen LogP contribution is -2.50. The number of pyridine rings is 1. The Balaban J connectivity index is 1.95. The Bertz CT molecular complexity index is 1320. The third kappa shape index (κ3) is 3.59. The fraction of sp³-hybridized carbons (Fsp3) is 0.478. The first-order valence-electron chi connectivity index (χ1n) is 12.8. The summed E-state index contributed by atoms with van der Waals surface area (Å²) in [5.41, 5.74) is 0.437. The topological polar surface area (TPSA) is 101 Å². The van der Waals surface area contributed by atoms with Crippen molar-refractivity contribution in [2.75, 3.05) is 25.2 Å². The zero-order chi connectivity index (χ0) is 27.7. The van der Waals surface area contributed by atoms with Crippen molar-refractivity contribution >= 4 is 5.97 Å². The summed E-state index contributed by atoms with van der Waals surface area (Å²) in [6, 6.07) is 4.06. The third-order valence-corrected chi connectivity index (χ3v) is 5.87. The van der Waals surface area contributed by atoms with Crippen molar-refractivity contribution in [1.82, 2.24) is 4.68 Å². The molecule has 2 aromatic rings. The number of aromatic carboxylic acids is 1. The number of benzene rings is 1. The average Bonchev–Trinajstić information content (AvgIpc) is 3.08. The van der Waals surface area contributed by atoms with Crippen LogP contribution in [0.3, 0.4) is 0 Å². The summed E-state index contributed by atoms with van der Waals surface area (Å²) in [5.74, 6) is -1.45. The van der Waals surface area contributed by atoms with E-state index in [4.69, 9.17) is 17.7 Å². The van der Waals surface area contributed by atoms with Crippen molar-refractivity contribution in [2.45, 2.75) is 51.2 Å². The number of carbonyl (C=O) groups is 1. The molecule has 2 aliphatic rings. The lowest BCUT2D eigenvalue weighted by atomic mass is 9.92. The molecule has 2 N–H and O–H groups in total. The van der Waals surface area contributed by atoms with Gasteiger partial charge in [-0.25, -0.2) is 4.79 Å². The van der Waals surface area contributed by atoms with E-state index in [0.29, 0.717) is 23.2 Å². The molecule has 0 spiro atoms. The zero-order valence-electron chi connectivity index (χ0n) is 23.4. The molecule has 0 unspecified atom stereocenters. The second kappa shape index (κ2) is 8.01. The molecular weight excluding hydrogens is 400 g/mol. The van der Waals surface area contributed by atoms with Crippen molar-refractivity contribution in [3.63, 3.8) is 0 Å². The van der Waals surface area contributed by atoms with Gasteiger partial charge in [0.25, 0.3) is 0 Å². The molecule has 8 nitrogen and oxygen atoms in total. The number of carboxylic acid groups (broad SMARTS) is 1. The number of aliphatic hydroxyl groups is 1. The molecule has 0 radical (unpaired) electrons. The van der Waals surface area contributed by atoms with E-state index < -0.39 is 36.4 Å². The van der Waals surface area contributed by atoms with Crippen LogP contribution < -0.4 is 15.2 Å². The summed E-state index contributed by atoms with van der Waals surface area (Å²) < 4.78 is 59.0. The predicted molar refractivity (Wildman–Crippen MR) is 115 cm³/mol. The fourth-order valence-electron chi connectivity index (χ4n) is 4.55. The van der Waals surface area contributed by atoms with Crippen LogP contribution in [-0.4, -0.2) is 46.6 Å². The molecule has 0 amide bonds. The Hall–Kier alpha value is -2.84. The number of rotatable bonds is 7. The summed E-state index contributed by atoms with van der Waals surface area (Å²) in [5, 5.41) is 21.1. The van der Waals surface area contributed by atoms with Gasteiger partial charge in [0.15, 0.2) is 5.43 Å². The van der Waals surface area contributed by atoms with E-state index in [1.54, 1.807) is 10.7 Å². The van der Waals surface area contributed by atoms with Crippen molar-refractivity contribution in [1.29, 1.82) is 0 Å². The number of methoxy groups -OCH3 is 1. The summed E-state index contributed by atoms with van der Waals surface area (Å²) in [6.07, 6.45) is -0.770. The van der Waals surface area contributed by atoms with Crippen molar-refractivity contribution in [3.05, 3.63) is 51.3 Å². The van der Waals surface area contributed by atoms with Crippen LogP contribution in [0.2, 0.25) is 0 Å².